The minimum absolute atomic E-state index is 0.149. The Hall–Kier alpha value is -5.21. The van der Waals surface area contributed by atoms with Gasteiger partial charge in [0.1, 0.15) is 19.3 Å². The van der Waals surface area contributed by atoms with E-state index in [0.29, 0.717) is 50.2 Å². The first-order valence-electron chi connectivity index (χ1n) is 16.2. The van der Waals surface area contributed by atoms with Gasteiger partial charge in [0.15, 0.2) is 11.5 Å². The van der Waals surface area contributed by atoms with Gasteiger partial charge in [0, 0.05) is 32.1 Å². The Morgan fingerprint density at radius 1 is 1.00 bits per heavy atom. The fraction of sp³-hybridized carbons (Fsp3) is 0.361. The van der Waals surface area contributed by atoms with Gasteiger partial charge in [0.05, 0.1) is 11.9 Å². The van der Waals surface area contributed by atoms with E-state index in [1.165, 1.54) is 16.3 Å². The van der Waals surface area contributed by atoms with Crippen LogP contribution in [0.15, 0.2) is 79.0 Å². The van der Waals surface area contributed by atoms with E-state index in [0.717, 1.165) is 30.6 Å². The van der Waals surface area contributed by atoms with Gasteiger partial charge in [-0.25, -0.2) is 20.9 Å². The average Bonchev–Trinajstić information content (AvgIpc) is 3.71. The molecule has 2 aliphatic rings. The zero-order valence-corrected chi connectivity index (χ0v) is 26.5. The van der Waals surface area contributed by atoms with Crippen LogP contribution in [-0.4, -0.2) is 93.9 Å². The zero-order chi connectivity index (χ0) is 32.2. The number of nitrogens with zero attached hydrogens (tertiary/aromatic N) is 8. The smallest absolute Gasteiger partial charge is 0.410 e. The molecule has 3 aromatic carbocycles. The van der Waals surface area contributed by atoms with E-state index in [4.69, 9.17) is 31.1 Å². The van der Waals surface area contributed by atoms with Gasteiger partial charge in [-0.05, 0) is 48.3 Å². The molecule has 0 saturated carbocycles. The van der Waals surface area contributed by atoms with Crippen molar-refractivity contribution in [2.45, 2.75) is 38.0 Å². The maximum atomic E-state index is 13.2. The third-order valence-electron chi connectivity index (χ3n) is 9.25. The highest BCUT2D eigenvalue weighted by atomic mass is 16.6. The monoisotopic (exact) mass is 630 g/mol. The van der Waals surface area contributed by atoms with Crippen LogP contribution in [0.5, 0.6) is 6.01 Å². The van der Waals surface area contributed by atoms with E-state index < -0.39 is 6.09 Å². The minimum Gasteiger partial charge on any atom is -0.461 e. The fourth-order valence-electron chi connectivity index (χ4n) is 6.64. The number of imidazole rings is 1. The van der Waals surface area contributed by atoms with Crippen LogP contribution in [0.2, 0.25) is 0 Å². The first kappa shape index (κ1) is 30.4. The number of aromatic nitrogens is 4. The van der Waals surface area contributed by atoms with E-state index in [1.807, 2.05) is 41.0 Å². The molecule has 1 amide bonds. The van der Waals surface area contributed by atoms with Gasteiger partial charge >= 0.3 is 12.1 Å². The molecule has 4 heterocycles. The Labute approximate surface area is 274 Å². The Morgan fingerprint density at radius 2 is 1.83 bits per heavy atom. The number of hydrogen-bond acceptors (Lipinski definition) is 8. The highest BCUT2D eigenvalue weighted by Crippen LogP contribution is 2.28. The molecule has 0 aliphatic carbocycles. The number of amides is 1. The number of likely N-dealkylation sites (tertiary alicyclic amines) is 1. The van der Waals surface area contributed by atoms with Crippen molar-refractivity contribution in [1.29, 1.82) is 0 Å². The summed E-state index contributed by atoms with van der Waals surface area (Å²) in [6, 6.07) is 24.5. The summed E-state index contributed by atoms with van der Waals surface area (Å²) in [5.41, 5.74) is 3.63. The van der Waals surface area contributed by atoms with Crippen molar-refractivity contribution in [3.8, 4) is 6.01 Å². The van der Waals surface area contributed by atoms with Gasteiger partial charge in [-0.3, -0.25) is 4.90 Å². The molecule has 0 N–H and O–H groups in total. The van der Waals surface area contributed by atoms with Crippen LogP contribution in [0.4, 0.5) is 10.6 Å². The second-order valence-electron chi connectivity index (χ2n) is 12.3. The van der Waals surface area contributed by atoms with Gasteiger partial charge < -0.3 is 24.1 Å². The number of carbonyl (C=O) groups excluding carboxylic acids is 1. The van der Waals surface area contributed by atoms with Crippen molar-refractivity contribution < 1.29 is 14.3 Å². The summed E-state index contributed by atoms with van der Waals surface area (Å²) in [7, 11) is 2.12. The number of hydrogen-bond donors (Lipinski definition) is 0. The van der Waals surface area contributed by atoms with Crippen molar-refractivity contribution in [2.75, 3.05) is 51.3 Å². The van der Waals surface area contributed by atoms with Crippen LogP contribution in [-0.2, 0) is 17.8 Å². The Balaban J connectivity index is 1.18. The summed E-state index contributed by atoms with van der Waals surface area (Å²) in [5.74, 6) is 0.631. The standard InChI is InChI=1S/C36H38N8O3/c1-37-21-31-23-42(18-19-43(31)36(45)47-24-26-10-4-3-5-11-26)34-33-38-22-30(20-28-14-8-13-27-12-6-7-16-32(27)28)44(33)40-35(39-34)46-25-29-15-9-17-41(29)2/h3-8,10-14,16,22,29,31H,9,15,17-21,23-25H2,2H3/t29-,31-/m0/s1. The molecule has 0 spiro atoms. The molecule has 2 atom stereocenters. The maximum absolute atomic E-state index is 13.2. The highest BCUT2D eigenvalue weighted by Gasteiger charge is 2.35. The lowest BCUT2D eigenvalue weighted by Gasteiger charge is -2.39. The van der Waals surface area contributed by atoms with E-state index >= 15 is 0 Å². The molecule has 5 aromatic rings. The van der Waals surface area contributed by atoms with Crippen molar-refractivity contribution in [1.82, 2.24) is 29.4 Å². The number of fused-ring (bicyclic) bond motifs is 2. The van der Waals surface area contributed by atoms with Gasteiger partial charge in [-0.15, -0.1) is 5.10 Å². The predicted molar refractivity (Wildman–Crippen MR) is 179 cm³/mol. The van der Waals surface area contributed by atoms with Crippen LogP contribution in [0.3, 0.4) is 0 Å². The first-order valence-corrected chi connectivity index (χ1v) is 16.2. The minimum atomic E-state index is -0.419. The lowest BCUT2D eigenvalue weighted by Crippen LogP contribution is -2.56. The van der Waals surface area contributed by atoms with Crippen LogP contribution in [0.1, 0.15) is 29.7 Å². The maximum Gasteiger partial charge on any atom is 0.410 e. The lowest BCUT2D eigenvalue weighted by molar-refractivity contribution is 0.0788. The molecule has 2 aliphatic heterocycles. The van der Waals surface area contributed by atoms with Gasteiger partial charge in [0.25, 0.3) is 0 Å². The van der Waals surface area contributed by atoms with E-state index in [9.17, 15) is 4.79 Å². The Bertz CT molecular complexity index is 1900. The summed E-state index contributed by atoms with van der Waals surface area (Å²) in [6.07, 6.45) is 4.29. The van der Waals surface area contributed by atoms with Crippen LogP contribution < -0.4 is 9.64 Å². The van der Waals surface area contributed by atoms with Gasteiger partial charge in [-0.2, -0.15) is 4.98 Å². The highest BCUT2D eigenvalue weighted by molar-refractivity contribution is 5.86. The SMILES string of the molecule is [C-]#[N+]C[C@H]1CN(c2nc(OC[C@@H]3CCCN3C)nn3c(Cc4cccc5ccccc45)cnc23)CCN1C(=O)OCc1ccccc1. The van der Waals surface area contributed by atoms with E-state index in [-0.39, 0.29) is 25.2 Å². The number of ether oxygens (including phenoxy) is 2. The fourth-order valence-corrected chi connectivity index (χ4v) is 6.64. The summed E-state index contributed by atoms with van der Waals surface area (Å²) in [4.78, 5) is 32.6. The van der Waals surface area contributed by atoms with Gasteiger partial charge in [0.2, 0.25) is 6.54 Å². The van der Waals surface area contributed by atoms with Crippen LogP contribution in [0, 0.1) is 6.57 Å². The van der Waals surface area contributed by atoms with Crippen LogP contribution >= 0.6 is 0 Å². The molecular weight excluding hydrogens is 592 g/mol. The summed E-state index contributed by atoms with van der Waals surface area (Å²) in [5, 5.41) is 7.22. The number of rotatable bonds is 9. The first-order chi connectivity index (χ1) is 23.1. The third kappa shape index (κ3) is 6.55. The van der Waals surface area contributed by atoms with Crippen molar-refractivity contribution in [2.24, 2.45) is 0 Å². The van der Waals surface area contributed by atoms with Crippen molar-refractivity contribution >= 4 is 28.3 Å². The van der Waals surface area contributed by atoms with E-state index in [1.54, 1.807) is 4.90 Å². The van der Waals surface area contributed by atoms with Gasteiger partial charge in [-0.1, -0.05) is 72.8 Å². The largest absolute Gasteiger partial charge is 0.461 e. The molecule has 2 saturated heterocycles. The molecule has 240 valence electrons. The molecule has 2 aromatic heterocycles. The summed E-state index contributed by atoms with van der Waals surface area (Å²) in [6.45, 7) is 10.8. The number of piperazine rings is 1. The second-order valence-corrected chi connectivity index (χ2v) is 12.3. The second kappa shape index (κ2) is 13.6. The number of benzene rings is 3. The molecule has 0 bridgehead atoms. The third-order valence-corrected chi connectivity index (χ3v) is 9.25. The molecule has 7 rings (SSSR count). The molecule has 11 nitrogen and oxygen atoms in total. The Kier molecular flexibility index (Phi) is 8.84. The zero-order valence-electron chi connectivity index (χ0n) is 26.5. The molecule has 0 unspecified atom stereocenters. The normalized spacial score (nSPS) is 18.5. The molecule has 2 fully saturated rings. The quantitative estimate of drug-likeness (QED) is 0.208. The molecule has 47 heavy (non-hydrogen) atoms. The molecule has 11 heteroatoms. The topological polar surface area (TPSA) is 92.7 Å². The van der Waals surface area contributed by atoms with Crippen LogP contribution in [0.25, 0.3) is 21.3 Å². The molecular formula is C36H38N8O3. The summed E-state index contributed by atoms with van der Waals surface area (Å²) >= 11 is 0. The summed E-state index contributed by atoms with van der Waals surface area (Å²) < 4.78 is 13.8. The number of carbonyl (C=O) groups is 1. The average molecular weight is 631 g/mol. The number of likely N-dealkylation sites (N-methyl/N-ethyl adjacent to an activating group) is 1. The van der Waals surface area contributed by atoms with E-state index in [2.05, 4.69) is 64.2 Å². The van der Waals surface area contributed by atoms with Crippen molar-refractivity contribution in [3.63, 3.8) is 0 Å². The van der Waals surface area contributed by atoms with Crippen molar-refractivity contribution in [3.05, 3.63) is 107 Å². The Morgan fingerprint density at radius 3 is 2.66 bits per heavy atom. The lowest BCUT2D eigenvalue weighted by atomic mass is 10.0. The molecule has 0 radical (unpaired) electrons. The predicted octanol–water partition coefficient (Wildman–Crippen LogP) is 5.09. The number of anilines is 1.